The number of hydrogen-bond acceptors (Lipinski definition) is 6. The van der Waals surface area contributed by atoms with E-state index in [9.17, 15) is 24.3 Å². The van der Waals surface area contributed by atoms with E-state index in [1.54, 1.807) is 6.07 Å². The smallest absolute Gasteiger partial charge is 0.331 e. The minimum Gasteiger partial charge on any atom is -0.480 e. The molecular weight excluding hydrogens is 300 g/mol. The normalized spacial score (nSPS) is 26.3. The number of nitrogens with two attached hydrogens (primary N) is 2. The van der Waals surface area contributed by atoms with Crippen LogP contribution in [0, 0.1) is 5.92 Å². The highest BCUT2D eigenvalue weighted by Crippen LogP contribution is 2.35. The zero-order valence-corrected chi connectivity index (χ0v) is 12.8. The van der Waals surface area contributed by atoms with Gasteiger partial charge in [-0.2, -0.15) is 0 Å². The summed E-state index contributed by atoms with van der Waals surface area (Å²) in [4.78, 5) is 49.5. The third-order valence-corrected chi connectivity index (χ3v) is 4.61. The zero-order valence-electron chi connectivity index (χ0n) is 12.8. The molecule has 2 rings (SSSR count). The Morgan fingerprint density at radius 1 is 1.26 bits per heavy atom. The largest absolute Gasteiger partial charge is 0.480 e. The van der Waals surface area contributed by atoms with Crippen molar-refractivity contribution < 1.29 is 24.3 Å². The summed E-state index contributed by atoms with van der Waals surface area (Å²) >= 11 is 0. The summed E-state index contributed by atoms with van der Waals surface area (Å²) in [6.07, 6.45) is -0.254. The molecule has 0 spiro atoms. The van der Waals surface area contributed by atoms with Crippen LogP contribution in [0.15, 0.2) is 24.3 Å². The van der Waals surface area contributed by atoms with Gasteiger partial charge in [-0.15, -0.1) is 0 Å². The number of aliphatic carboxylic acids is 1. The van der Waals surface area contributed by atoms with Gasteiger partial charge in [0.05, 0.1) is 5.92 Å². The monoisotopic (exact) mass is 318 g/mol. The van der Waals surface area contributed by atoms with Gasteiger partial charge >= 0.3 is 5.97 Å². The first-order chi connectivity index (χ1) is 10.6. The van der Waals surface area contributed by atoms with E-state index < -0.39 is 40.3 Å². The summed E-state index contributed by atoms with van der Waals surface area (Å²) in [6.45, 7) is 2.75. The van der Waals surface area contributed by atoms with Crippen molar-refractivity contribution in [1.82, 2.24) is 0 Å². The predicted molar refractivity (Wildman–Crippen MR) is 81.0 cm³/mol. The van der Waals surface area contributed by atoms with E-state index in [0.29, 0.717) is 0 Å². The molecule has 0 amide bonds. The summed E-state index contributed by atoms with van der Waals surface area (Å²) < 4.78 is 0. The first kappa shape index (κ1) is 17.0. The fourth-order valence-corrected chi connectivity index (χ4v) is 2.83. The van der Waals surface area contributed by atoms with Crippen LogP contribution < -0.4 is 11.5 Å². The average molecular weight is 318 g/mol. The minimum absolute atomic E-state index is 0.00953. The Bertz CT molecular complexity index is 729. The van der Waals surface area contributed by atoms with Crippen LogP contribution in [-0.4, -0.2) is 39.5 Å². The number of benzene rings is 1. The lowest BCUT2D eigenvalue weighted by Crippen LogP contribution is -2.72. The standard InChI is InChI=1S/C16H18N2O5/c1-3-15(17,14(22)23)13(21)16(18)8(2)11(19)9-6-4-5-7-10(9)12(16)20/h4-8H,3,17-18H2,1-2H3,(H,22,23). The van der Waals surface area contributed by atoms with Crippen molar-refractivity contribution in [2.75, 3.05) is 0 Å². The van der Waals surface area contributed by atoms with E-state index in [1.807, 2.05) is 0 Å². The van der Waals surface area contributed by atoms with E-state index in [-0.39, 0.29) is 17.5 Å². The molecule has 1 aromatic carbocycles. The maximum absolute atomic E-state index is 12.8. The van der Waals surface area contributed by atoms with Crippen LogP contribution in [0.4, 0.5) is 0 Å². The summed E-state index contributed by atoms with van der Waals surface area (Å²) in [5.74, 6) is -5.21. The van der Waals surface area contributed by atoms with Gasteiger partial charge in [-0.05, 0) is 6.42 Å². The molecule has 1 aliphatic rings. The highest BCUT2D eigenvalue weighted by Gasteiger charge is 2.60. The Morgan fingerprint density at radius 2 is 1.78 bits per heavy atom. The molecule has 0 aromatic heterocycles. The van der Waals surface area contributed by atoms with Gasteiger partial charge in [-0.3, -0.25) is 14.4 Å². The van der Waals surface area contributed by atoms with Crippen molar-refractivity contribution in [1.29, 1.82) is 0 Å². The summed E-state index contributed by atoms with van der Waals surface area (Å²) in [5.41, 5.74) is 7.29. The quantitative estimate of drug-likeness (QED) is 0.671. The maximum atomic E-state index is 12.8. The van der Waals surface area contributed by atoms with Gasteiger partial charge in [0.1, 0.15) is 0 Å². The molecule has 0 saturated carbocycles. The van der Waals surface area contributed by atoms with Gasteiger partial charge in [0.25, 0.3) is 0 Å². The lowest BCUT2D eigenvalue weighted by Gasteiger charge is -2.40. The molecule has 0 saturated heterocycles. The SMILES string of the molecule is CCC(N)(C(=O)O)C(=O)C1(N)C(=O)c2ccccc2C(=O)C1C. The molecule has 1 aromatic rings. The van der Waals surface area contributed by atoms with Crippen LogP contribution in [-0.2, 0) is 9.59 Å². The fraction of sp³-hybridized carbons (Fsp3) is 0.375. The maximum Gasteiger partial charge on any atom is 0.331 e. The highest BCUT2D eigenvalue weighted by molar-refractivity contribution is 6.32. The average Bonchev–Trinajstić information content (AvgIpc) is 2.56. The van der Waals surface area contributed by atoms with Crippen LogP contribution in [0.3, 0.4) is 0 Å². The molecule has 0 radical (unpaired) electrons. The van der Waals surface area contributed by atoms with Crippen molar-refractivity contribution in [2.24, 2.45) is 17.4 Å². The Kier molecular flexibility index (Phi) is 3.96. The number of carboxylic acids is 1. The summed E-state index contributed by atoms with van der Waals surface area (Å²) in [5, 5.41) is 9.28. The number of carbonyl (C=O) groups excluding carboxylic acids is 3. The molecule has 0 heterocycles. The van der Waals surface area contributed by atoms with Crippen molar-refractivity contribution >= 4 is 23.3 Å². The molecule has 7 heteroatoms. The number of fused-ring (bicyclic) bond motifs is 1. The predicted octanol–water partition coefficient (Wildman–Crippen LogP) is 0.160. The molecule has 0 aliphatic heterocycles. The van der Waals surface area contributed by atoms with E-state index in [0.717, 1.165) is 0 Å². The van der Waals surface area contributed by atoms with Crippen LogP contribution in [0.2, 0.25) is 0 Å². The van der Waals surface area contributed by atoms with Gasteiger partial charge < -0.3 is 16.6 Å². The molecule has 1 aliphatic carbocycles. The number of ketones is 3. The molecule has 3 unspecified atom stereocenters. The highest BCUT2D eigenvalue weighted by atomic mass is 16.4. The topological polar surface area (TPSA) is 141 Å². The third kappa shape index (κ3) is 2.12. The molecule has 7 nitrogen and oxygen atoms in total. The van der Waals surface area contributed by atoms with E-state index in [1.165, 1.54) is 32.0 Å². The lowest BCUT2D eigenvalue weighted by molar-refractivity contribution is -0.150. The van der Waals surface area contributed by atoms with Crippen molar-refractivity contribution in [3.05, 3.63) is 35.4 Å². The first-order valence-electron chi connectivity index (χ1n) is 7.16. The molecule has 23 heavy (non-hydrogen) atoms. The molecule has 0 fully saturated rings. The molecule has 122 valence electrons. The number of carbonyl (C=O) groups is 4. The van der Waals surface area contributed by atoms with Crippen LogP contribution in [0.1, 0.15) is 41.0 Å². The lowest BCUT2D eigenvalue weighted by atomic mass is 9.64. The van der Waals surface area contributed by atoms with Gasteiger partial charge in [0.15, 0.2) is 28.4 Å². The number of carboxylic acid groups (broad SMARTS) is 1. The zero-order chi connectivity index (χ0) is 17.6. The van der Waals surface area contributed by atoms with Gasteiger partial charge in [0, 0.05) is 11.1 Å². The van der Waals surface area contributed by atoms with Crippen molar-refractivity contribution in [3.8, 4) is 0 Å². The Hall–Kier alpha value is -2.38. The second-order valence-electron chi connectivity index (χ2n) is 5.79. The number of rotatable bonds is 4. The number of hydrogen-bond donors (Lipinski definition) is 3. The summed E-state index contributed by atoms with van der Waals surface area (Å²) in [7, 11) is 0. The fourth-order valence-electron chi connectivity index (χ4n) is 2.83. The molecule has 0 bridgehead atoms. The van der Waals surface area contributed by atoms with Crippen molar-refractivity contribution in [2.45, 2.75) is 31.3 Å². The molecular formula is C16H18N2O5. The van der Waals surface area contributed by atoms with Crippen LogP contribution in [0.25, 0.3) is 0 Å². The van der Waals surface area contributed by atoms with E-state index in [2.05, 4.69) is 0 Å². The van der Waals surface area contributed by atoms with Gasteiger partial charge in [-0.25, -0.2) is 4.79 Å². The minimum atomic E-state index is -2.33. The van der Waals surface area contributed by atoms with Gasteiger partial charge in [-0.1, -0.05) is 38.1 Å². The molecule has 3 atom stereocenters. The number of Topliss-reactive ketones (excluding diaryl/α,β-unsaturated/α-hetero) is 3. The molecule has 5 N–H and O–H groups in total. The van der Waals surface area contributed by atoms with Crippen LogP contribution in [0.5, 0.6) is 0 Å². The van der Waals surface area contributed by atoms with E-state index >= 15 is 0 Å². The Morgan fingerprint density at radius 3 is 2.26 bits per heavy atom. The first-order valence-corrected chi connectivity index (χ1v) is 7.16. The van der Waals surface area contributed by atoms with Gasteiger partial charge in [0.2, 0.25) is 0 Å². The second-order valence-corrected chi connectivity index (χ2v) is 5.79. The van der Waals surface area contributed by atoms with Crippen LogP contribution >= 0.6 is 0 Å². The third-order valence-electron chi connectivity index (χ3n) is 4.61. The van der Waals surface area contributed by atoms with Crippen molar-refractivity contribution in [3.63, 3.8) is 0 Å². The second kappa shape index (κ2) is 5.36. The summed E-state index contributed by atoms with van der Waals surface area (Å²) in [6, 6.07) is 6.00. The Balaban J connectivity index is 2.66. The van der Waals surface area contributed by atoms with E-state index in [4.69, 9.17) is 11.5 Å². The Labute approximate surface area is 132 Å².